The van der Waals surface area contributed by atoms with Crippen molar-refractivity contribution >= 4 is 0 Å². The molecule has 1 aromatic heterocycles. The number of hydrogen-bond donors (Lipinski definition) is 2. The van der Waals surface area contributed by atoms with Gasteiger partial charge in [0.25, 0.3) is 0 Å². The molecule has 0 fully saturated rings. The van der Waals surface area contributed by atoms with Crippen LogP contribution in [0.1, 0.15) is 25.2 Å². The minimum atomic E-state index is -0.559. The van der Waals surface area contributed by atoms with Crippen molar-refractivity contribution < 1.29 is 9.52 Å². The average Bonchev–Trinajstić information content (AvgIpc) is 2.76. The molecular weight excluding hydrogens is 204 g/mol. The van der Waals surface area contributed by atoms with Crippen LogP contribution in [-0.2, 0) is 0 Å². The maximum absolute atomic E-state index is 9.77. The molecule has 0 radical (unpaired) electrons. The van der Waals surface area contributed by atoms with Gasteiger partial charge in [0.2, 0.25) is 0 Å². The number of nitrogens with one attached hydrogen (secondary N) is 1. The average molecular weight is 226 g/mol. The summed E-state index contributed by atoms with van der Waals surface area (Å²) in [4.78, 5) is 2.15. The molecule has 0 spiro atoms. The number of hydrogen-bond acceptors (Lipinski definition) is 4. The Kier molecular flexibility index (Phi) is 5.52. The second-order valence-electron chi connectivity index (χ2n) is 4.43. The first-order chi connectivity index (χ1) is 7.59. The molecule has 4 nitrogen and oxygen atoms in total. The van der Waals surface area contributed by atoms with E-state index >= 15 is 0 Å². The molecule has 0 aliphatic rings. The zero-order valence-corrected chi connectivity index (χ0v) is 10.3. The molecule has 2 unspecified atom stereocenters. The Morgan fingerprint density at radius 1 is 1.50 bits per heavy atom. The van der Waals surface area contributed by atoms with Crippen molar-refractivity contribution in [2.75, 3.05) is 27.2 Å². The van der Waals surface area contributed by atoms with E-state index in [0.29, 0.717) is 18.3 Å². The second-order valence-corrected chi connectivity index (χ2v) is 4.43. The summed E-state index contributed by atoms with van der Waals surface area (Å²) in [6, 6.07) is 3.97. The van der Waals surface area contributed by atoms with Crippen molar-refractivity contribution in [3.05, 3.63) is 24.2 Å². The quantitative estimate of drug-likeness (QED) is 0.734. The van der Waals surface area contributed by atoms with Crippen LogP contribution in [0.15, 0.2) is 22.8 Å². The largest absolute Gasteiger partial charge is 0.467 e. The summed E-state index contributed by atoms with van der Waals surface area (Å²) in [7, 11) is 4.12. The Bertz CT molecular complexity index is 273. The standard InChI is InChI=1S/C12H22N2O2/c1-10(6-7-14(2)3)13-9-11(15)12-5-4-8-16-12/h4-5,8,10-11,13,15H,6-7,9H2,1-3H3. The maximum atomic E-state index is 9.77. The van der Waals surface area contributed by atoms with Gasteiger partial charge in [-0.3, -0.25) is 0 Å². The van der Waals surface area contributed by atoms with Gasteiger partial charge in [0, 0.05) is 12.6 Å². The summed E-state index contributed by atoms with van der Waals surface area (Å²) in [6.45, 7) is 3.70. The van der Waals surface area contributed by atoms with Crippen LogP contribution in [0.3, 0.4) is 0 Å². The van der Waals surface area contributed by atoms with Gasteiger partial charge >= 0.3 is 0 Å². The van der Waals surface area contributed by atoms with Gasteiger partial charge in [0.05, 0.1) is 6.26 Å². The Morgan fingerprint density at radius 3 is 2.81 bits per heavy atom. The Balaban J connectivity index is 2.19. The Morgan fingerprint density at radius 2 is 2.25 bits per heavy atom. The molecule has 16 heavy (non-hydrogen) atoms. The lowest BCUT2D eigenvalue weighted by molar-refractivity contribution is 0.143. The molecule has 4 heteroatoms. The van der Waals surface area contributed by atoms with Gasteiger partial charge in [-0.2, -0.15) is 0 Å². The lowest BCUT2D eigenvalue weighted by Gasteiger charge is -2.18. The van der Waals surface area contributed by atoms with Gasteiger partial charge in [-0.25, -0.2) is 0 Å². The van der Waals surface area contributed by atoms with E-state index in [9.17, 15) is 5.11 Å². The van der Waals surface area contributed by atoms with Crippen LogP contribution in [0.25, 0.3) is 0 Å². The van der Waals surface area contributed by atoms with E-state index in [1.54, 1.807) is 18.4 Å². The molecule has 0 saturated heterocycles. The molecule has 2 N–H and O–H groups in total. The molecule has 1 heterocycles. The van der Waals surface area contributed by atoms with Gasteiger partial charge < -0.3 is 19.7 Å². The minimum Gasteiger partial charge on any atom is -0.467 e. The highest BCUT2D eigenvalue weighted by Gasteiger charge is 2.11. The topological polar surface area (TPSA) is 48.6 Å². The summed E-state index contributed by atoms with van der Waals surface area (Å²) >= 11 is 0. The van der Waals surface area contributed by atoms with E-state index < -0.39 is 6.10 Å². The van der Waals surface area contributed by atoms with E-state index in [4.69, 9.17) is 4.42 Å². The number of furan rings is 1. The van der Waals surface area contributed by atoms with Crippen LogP contribution >= 0.6 is 0 Å². The van der Waals surface area contributed by atoms with E-state index in [2.05, 4.69) is 31.2 Å². The Labute approximate surface area is 97.2 Å². The summed E-state index contributed by atoms with van der Waals surface area (Å²) in [6.07, 6.45) is 2.09. The zero-order valence-electron chi connectivity index (χ0n) is 10.3. The number of nitrogens with zero attached hydrogens (tertiary/aromatic N) is 1. The third kappa shape index (κ3) is 4.79. The van der Waals surface area contributed by atoms with Crippen LogP contribution in [0.4, 0.5) is 0 Å². The first kappa shape index (κ1) is 13.2. The van der Waals surface area contributed by atoms with Gasteiger partial charge in [0.15, 0.2) is 0 Å². The monoisotopic (exact) mass is 226 g/mol. The second kappa shape index (κ2) is 6.68. The van der Waals surface area contributed by atoms with E-state index in [1.807, 2.05) is 0 Å². The van der Waals surface area contributed by atoms with Gasteiger partial charge in [0.1, 0.15) is 11.9 Å². The van der Waals surface area contributed by atoms with E-state index in [1.165, 1.54) is 0 Å². The lowest BCUT2D eigenvalue weighted by Crippen LogP contribution is -2.32. The molecule has 1 rings (SSSR count). The third-order valence-corrected chi connectivity index (χ3v) is 2.54. The Hall–Kier alpha value is -0.840. The first-order valence-electron chi connectivity index (χ1n) is 5.69. The normalized spacial score (nSPS) is 15.3. The predicted molar refractivity (Wildman–Crippen MR) is 64.3 cm³/mol. The molecule has 0 bridgehead atoms. The highest BCUT2D eigenvalue weighted by Crippen LogP contribution is 2.11. The summed E-state index contributed by atoms with van der Waals surface area (Å²) in [5.41, 5.74) is 0. The molecule has 1 aromatic rings. The van der Waals surface area contributed by atoms with Crippen LogP contribution in [0.2, 0.25) is 0 Å². The number of aliphatic hydroxyl groups excluding tert-OH is 1. The fraction of sp³-hybridized carbons (Fsp3) is 0.667. The van der Waals surface area contributed by atoms with E-state index in [-0.39, 0.29) is 0 Å². The summed E-state index contributed by atoms with van der Waals surface area (Å²) in [5, 5.41) is 13.1. The van der Waals surface area contributed by atoms with Crippen molar-refractivity contribution in [1.29, 1.82) is 0 Å². The lowest BCUT2D eigenvalue weighted by atomic mass is 10.2. The van der Waals surface area contributed by atoms with Crippen molar-refractivity contribution in [1.82, 2.24) is 10.2 Å². The molecule has 0 aliphatic heterocycles. The molecule has 2 atom stereocenters. The van der Waals surface area contributed by atoms with Crippen LogP contribution in [0.5, 0.6) is 0 Å². The molecular formula is C12H22N2O2. The zero-order chi connectivity index (χ0) is 12.0. The van der Waals surface area contributed by atoms with Crippen molar-refractivity contribution in [2.24, 2.45) is 0 Å². The molecule has 0 aromatic carbocycles. The van der Waals surface area contributed by atoms with Crippen molar-refractivity contribution in [3.63, 3.8) is 0 Å². The van der Waals surface area contributed by atoms with Gasteiger partial charge in [-0.05, 0) is 46.1 Å². The maximum Gasteiger partial charge on any atom is 0.133 e. The van der Waals surface area contributed by atoms with E-state index in [0.717, 1.165) is 13.0 Å². The SMILES string of the molecule is CC(CCN(C)C)NCC(O)c1ccco1. The smallest absolute Gasteiger partial charge is 0.133 e. The minimum absolute atomic E-state index is 0.395. The van der Waals surface area contributed by atoms with Crippen molar-refractivity contribution in [2.45, 2.75) is 25.5 Å². The first-order valence-corrected chi connectivity index (χ1v) is 5.69. The summed E-state index contributed by atoms with van der Waals surface area (Å²) < 4.78 is 5.13. The highest BCUT2D eigenvalue weighted by atomic mass is 16.4. The fourth-order valence-corrected chi connectivity index (χ4v) is 1.45. The molecule has 0 saturated carbocycles. The summed E-state index contributed by atoms with van der Waals surface area (Å²) in [5.74, 6) is 0.618. The molecule has 0 aliphatic carbocycles. The van der Waals surface area contributed by atoms with Crippen molar-refractivity contribution in [3.8, 4) is 0 Å². The molecule has 92 valence electrons. The van der Waals surface area contributed by atoms with Gasteiger partial charge in [-0.1, -0.05) is 0 Å². The van der Waals surface area contributed by atoms with Crippen LogP contribution < -0.4 is 5.32 Å². The number of aliphatic hydroxyl groups is 1. The predicted octanol–water partition coefficient (Wildman–Crippen LogP) is 1.24. The van der Waals surface area contributed by atoms with Gasteiger partial charge in [-0.15, -0.1) is 0 Å². The highest BCUT2D eigenvalue weighted by molar-refractivity contribution is 5.02. The number of rotatable bonds is 7. The third-order valence-electron chi connectivity index (χ3n) is 2.54. The van der Waals surface area contributed by atoms with Crippen LogP contribution in [0, 0.1) is 0 Å². The van der Waals surface area contributed by atoms with Crippen LogP contribution in [-0.4, -0.2) is 43.2 Å². The molecule has 0 amide bonds. The fourth-order valence-electron chi connectivity index (χ4n) is 1.45.